The van der Waals surface area contributed by atoms with Crippen LogP contribution in [0.4, 0.5) is 28.4 Å². The van der Waals surface area contributed by atoms with E-state index in [2.05, 4.69) is 86.5 Å². The molecule has 4 rings (SSSR count). The van der Waals surface area contributed by atoms with Crippen LogP contribution >= 0.6 is 0 Å². The largest absolute Gasteiger partial charge is 0.310 e. The van der Waals surface area contributed by atoms with Crippen LogP contribution in [0.15, 0.2) is 48.5 Å². The molecule has 0 atom stereocenters. The Hall–Kier alpha value is -4.07. The van der Waals surface area contributed by atoms with E-state index in [4.69, 9.17) is 13.1 Å². The number of para-hydroxylation sites is 2. The number of nitrogens with zero attached hydrogens (tertiary/aromatic N) is 4. The molecule has 0 spiro atoms. The molecule has 0 bridgehead atoms. The summed E-state index contributed by atoms with van der Waals surface area (Å²) in [6.45, 7) is 28.6. The number of nitriles is 1. The standard InChI is InChI=1S/C30H28N4/c1-18(2)25-26(19(3)4)29(20(17-31)27(32-7)28(25)33-8)34-23-15-11-9-13-21(23)30(5,6)22-14-10-12-16-24(22)34/h9-16,18-19H,1-6H3. The minimum Gasteiger partial charge on any atom is -0.310 e. The fourth-order valence-corrected chi connectivity index (χ4v) is 5.39. The lowest BCUT2D eigenvalue weighted by molar-refractivity contribution is 0.631. The van der Waals surface area contributed by atoms with Crippen molar-refractivity contribution in [2.24, 2.45) is 0 Å². The van der Waals surface area contributed by atoms with Crippen LogP contribution in [-0.2, 0) is 5.41 Å². The Morgan fingerprint density at radius 2 is 1.26 bits per heavy atom. The Bertz CT molecular complexity index is 1370. The molecule has 34 heavy (non-hydrogen) atoms. The fraction of sp³-hybridized carbons (Fsp3) is 0.300. The van der Waals surface area contributed by atoms with Gasteiger partial charge in [0.25, 0.3) is 0 Å². The molecule has 0 fully saturated rings. The lowest BCUT2D eigenvalue weighted by atomic mass is 9.73. The molecule has 0 radical (unpaired) electrons. The number of hydrogen-bond acceptors (Lipinski definition) is 2. The first kappa shape index (κ1) is 23.1. The summed E-state index contributed by atoms with van der Waals surface area (Å²) in [6, 6.07) is 18.9. The lowest BCUT2D eigenvalue weighted by Gasteiger charge is -2.43. The van der Waals surface area contributed by atoms with Crippen molar-refractivity contribution in [3.63, 3.8) is 0 Å². The maximum atomic E-state index is 10.4. The van der Waals surface area contributed by atoms with E-state index in [0.29, 0.717) is 5.69 Å². The first-order valence-electron chi connectivity index (χ1n) is 11.6. The summed E-state index contributed by atoms with van der Waals surface area (Å²) in [7, 11) is 0. The molecule has 4 nitrogen and oxygen atoms in total. The van der Waals surface area contributed by atoms with Gasteiger partial charge < -0.3 is 4.90 Å². The molecule has 0 saturated heterocycles. The molecule has 0 unspecified atom stereocenters. The highest BCUT2D eigenvalue weighted by Gasteiger charge is 2.39. The van der Waals surface area contributed by atoms with Gasteiger partial charge >= 0.3 is 0 Å². The van der Waals surface area contributed by atoms with Gasteiger partial charge in [-0.25, -0.2) is 9.69 Å². The number of rotatable bonds is 3. The summed E-state index contributed by atoms with van der Waals surface area (Å²) in [4.78, 5) is 9.68. The highest BCUT2D eigenvalue weighted by molar-refractivity contribution is 5.97. The Labute approximate surface area is 202 Å². The van der Waals surface area contributed by atoms with Crippen LogP contribution in [0.1, 0.15) is 81.2 Å². The van der Waals surface area contributed by atoms with Gasteiger partial charge in [-0.3, -0.25) is 0 Å². The topological polar surface area (TPSA) is 35.8 Å². The molecule has 3 aromatic rings. The minimum atomic E-state index is -0.228. The van der Waals surface area contributed by atoms with Crippen molar-refractivity contribution < 1.29 is 0 Å². The highest BCUT2D eigenvalue weighted by atomic mass is 15.2. The summed E-state index contributed by atoms with van der Waals surface area (Å²) in [5.74, 6) is 0.0780. The summed E-state index contributed by atoms with van der Waals surface area (Å²) in [5.41, 5.74) is 7.42. The molecule has 0 aromatic heterocycles. The Morgan fingerprint density at radius 3 is 1.68 bits per heavy atom. The molecule has 1 heterocycles. The first-order chi connectivity index (χ1) is 16.2. The molecule has 0 N–H and O–H groups in total. The number of benzene rings is 3. The van der Waals surface area contributed by atoms with Crippen LogP contribution in [-0.4, -0.2) is 0 Å². The smallest absolute Gasteiger partial charge is 0.214 e. The summed E-state index contributed by atoms with van der Waals surface area (Å²) in [5, 5.41) is 10.4. The van der Waals surface area contributed by atoms with Crippen molar-refractivity contribution in [1.29, 1.82) is 5.26 Å². The van der Waals surface area contributed by atoms with Crippen molar-refractivity contribution in [3.05, 3.63) is 99.2 Å². The average Bonchev–Trinajstić information content (AvgIpc) is 2.82. The predicted octanol–water partition coefficient (Wildman–Crippen LogP) is 9.02. The molecule has 1 aliphatic heterocycles. The van der Waals surface area contributed by atoms with Gasteiger partial charge in [-0.1, -0.05) is 77.9 Å². The van der Waals surface area contributed by atoms with Crippen LogP contribution in [0.5, 0.6) is 0 Å². The molecule has 0 amide bonds. The third-order valence-electron chi connectivity index (χ3n) is 6.85. The SMILES string of the molecule is [C-]#[N+]c1c(C#N)c(N2c3ccccc3C(C)(C)c3ccccc32)c(C(C)C)c(C(C)C)c1[N+]#[C-]. The van der Waals surface area contributed by atoms with Gasteiger partial charge in [-0.15, -0.1) is 0 Å². The van der Waals surface area contributed by atoms with Gasteiger partial charge in [0, 0.05) is 5.41 Å². The van der Waals surface area contributed by atoms with Gasteiger partial charge in [0.2, 0.25) is 5.69 Å². The molecular formula is C30H28N4. The molecule has 0 saturated carbocycles. The van der Waals surface area contributed by atoms with Crippen LogP contribution in [0.2, 0.25) is 0 Å². The van der Waals surface area contributed by atoms with E-state index < -0.39 is 0 Å². The highest BCUT2D eigenvalue weighted by Crippen LogP contribution is 2.57. The maximum Gasteiger partial charge on any atom is 0.214 e. The van der Waals surface area contributed by atoms with E-state index in [-0.39, 0.29) is 28.5 Å². The van der Waals surface area contributed by atoms with E-state index in [1.807, 2.05) is 24.3 Å². The molecular weight excluding hydrogens is 416 g/mol. The van der Waals surface area contributed by atoms with E-state index in [1.54, 1.807) is 0 Å². The fourth-order valence-electron chi connectivity index (χ4n) is 5.39. The normalized spacial score (nSPS) is 13.6. The van der Waals surface area contributed by atoms with Crippen molar-refractivity contribution >= 4 is 28.4 Å². The van der Waals surface area contributed by atoms with Gasteiger partial charge in [0.05, 0.1) is 41.8 Å². The zero-order chi connectivity index (χ0) is 24.8. The quantitative estimate of drug-likeness (QED) is 0.378. The molecule has 1 aliphatic rings. The third kappa shape index (κ3) is 3.17. The zero-order valence-corrected chi connectivity index (χ0v) is 20.6. The van der Waals surface area contributed by atoms with Crippen LogP contribution in [0.25, 0.3) is 9.69 Å². The van der Waals surface area contributed by atoms with E-state index in [9.17, 15) is 5.26 Å². The minimum absolute atomic E-state index is 0.0280. The van der Waals surface area contributed by atoms with Gasteiger partial charge in [-0.05, 0) is 46.2 Å². The summed E-state index contributed by atoms with van der Waals surface area (Å²) in [6.07, 6.45) is 0. The lowest BCUT2D eigenvalue weighted by Crippen LogP contribution is -2.31. The molecule has 0 aliphatic carbocycles. The maximum absolute atomic E-state index is 10.4. The van der Waals surface area contributed by atoms with E-state index in [0.717, 1.165) is 39.3 Å². The number of hydrogen-bond donors (Lipinski definition) is 0. The van der Waals surface area contributed by atoms with Gasteiger partial charge in [0.1, 0.15) is 0 Å². The Morgan fingerprint density at radius 1 is 0.794 bits per heavy atom. The second kappa shape index (κ2) is 8.37. The second-order valence-electron chi connectivity index (χ2n) is 9.89. The molecule has 3 aromatic carbocycles. The Balaban J connectivity index is 2.28. The molecule has 4 heteroatoms. The number of anilines is 3. The van der Waals surface area contributed by atoms with Crippen molar-refractivity contribution in [2.75, 3.05) is 4.90 Å². The number of fused-ring (bicyclic) bond motifs is 2. The van der Waals surface area contributed by atoms with Crippen LogP contribution in [0.3, 0.4) is 0 Å². The third-order valence-corrected chi connectivity index (χ3v) is 6.85. The molecule has 168 valence electrons. The average molecular weight is 445 g/mol. The van der Waals surface area contributed by atoms with Crippen molar-refractivity contribution in [1.82, 2.24) is 0 Å². The van der Waals surface area contributed by atoms with Gasteiger partial charge in [-0.2, -0.15) is 5.26 Å². The second-order valence-corrected chi connectivity index (χ2v) is 9.89. The van der Waals surface area contributed by atoms with E-state index in [1.165, 1.54) is 0 Å². The summed E-state index contributed by atoms with van der Waals surface area (Å²) >= 11 is 0. The van der Waals surface area contributed by atoms with Gasteiger partial charge in [0.15, 0.2) is 5.69 Å². The first-order valence-corrected chi connectivity index (χ1v) is 11.6. The van der Waals surface area contributed by atoms with Crippen LogP contribution in [0, 0.1) is 24.5 Å². The predicted molar refractivity (Wildman–Crippen MR) is 139 cm³/mol. The summed E-state index contributed by atoms with van der Waals surface area (Å²) < 4.78 is 0. The Kier molecular flexibility index (Phi) is 5.69. The van der Waals surface area contributed by atoms with Crippen molar-refractivity contribution in [3.8, 4) is 6.07 Å². The van der Waals surface area contributed by atoms with Crippen molar-refractivity contribution in [2.45, 2.75) is 58.8 Å². The van der Waals surface area contributed by atoms with Crippen LogP contribution < -0.4 is 4.90 Å². The van der Waals surface area contributed by atoms with E-state index >= 15 is 0 Å². The monoisotopic (exact) mass is 444 g/mol. The zero-order valence-electron chi connectivity index (χ0n) is 20.6.